The topological polar surface area (TPSA) is 67.4 Å². The summed E-state index contributed by atoms with van der Waals surface area (Å²) >= 11 is 2.97. The number of anilines is 1. The number of amides is 1. The molecule has 1 aliphatic heterocycles. The molecule has 0 aliphatic carbocycles. The van der Waals surface area contributed by atoms with E-state index in [1.807, 2.05) is 11.8 Å². The molecule has 2 heterocycles. The highest BCUT2D eigenvalue weighted by Crippen LogP contribution is 2.29. The molecule has 0 spiro atoms. The van der Waals surface area contributed by atoms with Crippen molar-refractivity contribution in [2.45, 2.75) is 30.4 Å². The van der Waals surface area contributed by atoms with Crippen LogP contribution in [0.4, 0.5) is 5.13 Å². The summed E-state index contributed by atoms with van der Waals surface area (Å²) in [6, 6.07) is 0. The predicted octanol–water partition coefficient (Wildman–Crippen LogP) is 1.95. The molecule has 1 N–H and O–H groups in total. The molecule has 1 fully saturated rings. The number of carbonyl (C=O) groups excluding carboxylic acids is 1. The van der Waals surface area contributed by atoms with Gasteiger partial charge in [0.05, 0.1) is 18.5 Å². The zero-order chi connectivity index (χ0) is 15.2. The van der Waals surface area contributed by atoms with Gasteiger partial charge in [0.2, 0.25) is 11.0 Å². The summed E-state index contributed by atoms with van der Waals surface area (Å²) in [7, 11) is 0. The molecule has 0 bridgehead atoms. The normalized spacial score (nSPS) is 17.0. The van der Waals surface area contributed by atoms with Crippen LogP contribution in [0.25, 0.3) is 0 Å². The van der Waals surface area contributed by atoms with E-state index in [0.717, 1.165) is 16.0 Å². The fourth-order valence-corrected chi connectivity index (χ4v) is 3.85. The highest BCUT2D eigenvalue weighted by molar-refractivity contribution is 8.02. The number of nitrogens with one attached hydrogen (secondary N) is 1. The third-order valence-corrected chi connectivity index (χ3v) is 5.07. The van der Waals surface area contributed by atoms with Gasteiger partial charge in [-0.05, 0) is 12.8 Å². The minimum absolute atomic E-state index is 0.144. The summed E-state index contributed by atoms with van der Waals surface area (Å²) in [5.74, 6) is 0.710. The highest BCUT2D eigenvalue weighted by Gasteiger charge is 2.24. The molecule has 0 aromatic carbocycles. The summed E-state index contributed by atoms with van der Waals surface area (Å²) in [6.45, 7) is 9.71. The lowest BCUT2D eigenvalue weighted by Crippen LogP contribution is -2.44. The van der Waals surface area contributed by atoms with Crippen molar-refractivity contribution in [1.82, 2.24) is 15.1 Å². The number of rotatable bonds is 6. The second kappa shape index (κ2) is 7.95. The third-order valence-electron chi connectivity index (χ3n) is 3.02. The van der Waals surface area contributed by atoms with Gasteiger partial charge in [-0.15, -0.1) is 10.2 Å². The summed E-state index contributed by atoms with van der Waals surface area (Å²) in [4.78, 5) is 14.2. The van der Waals surface area contributed by atoms with E-state index in [-0.39, 0.29) is 11.2 Å². The first-order chi connectivity index (χ1) is 10.1. The molecular formula is C13H22N4O2S2. The van der Waals surface area contributed by atoms with E-state index in [2.05, 4.69) is 29.4 Å². The zero-order valence-corrected chi connectivity index (χ0v) is 14.3. The van der Waals surface area contributed by atoms with Gasteiger partial charge < -0.3 is 15.0 Å². The summed E-state index contributed by atoms with van der Waals surface area (Å²) in [5, 5.41) is 12.2. The van der Waals surface area contributed by atoms with Crippen molar-refractivity contribution in [3.8, 4) is 0 Å². The van der Waals surface area contributed by atoms with Crippen molar-refractivity contribution in [2.24, 2.45) is 5.92 Å². The number of hydrogen-bond acceptors (Lipinski definition) is 7. The van der Waals surface area contributed by atoms with Gasteiger partial charge in [-0.2, -0.15) is 0 Å². The molecule has 1 aromatic rings. The van der Waals surface area contributed by atoms with Crippen LogP contribution in [0, 0.1) is 5.92 Å². The van der Waals surface area contributed by atoms with Gasteiger partial charge in [0.25, 0.3) is 0 Å². The minimum atomic E-state index is -0.144. The fourth-order valence-electron chi connectivity index (χ4n) is 1.86. The standard InChI is InChI=1S/C13H22N4O2S2/c1-9(2)8-14-12-15-16-13(21-12)20-10(3)11(18)17-4-6-19-7-5-17/h9-10H,4-8H2,1-3H3,(H,14,15). The Labute approximate surface area is 133 Å². The van der Waals surface area contributed by atoms with Crippen molar-refractivity contribution in [1.29, 1.82) is 0 Å². The van der Waals surface area contributed by atoms with E-state index in [0.29, 0.717) is 32.2 Å². The van der Waals surface area contributed by atoms with E-state index in [9.17, 15) is 4.79 Å². The van der Waals surface area contributed by atoms with Crippen molar-refractivity contribution in [2.75, 3.05) is 38.2 Å². The maximum atomic E-state index is 12.3. The van der Waals surface area contributed by atoms with Gasteiger partial charge in [-0.3, -0.25) is 4.79 Å². The lowest BCUT2D eigenvalue weighted by Gasteiger charge is -2.28. The van der Waals surface area contributed by atoms with Crippen LogP contribution in [0.1, 0.15) is 20.8 Å². The van der Waals surface area contributed by atoms with Crippen LogP contribution in [0.15, 0.2) is 4.34 Å². The van der Waals surface area contributed by atoms with Crippen LogP contribution >= 0.6 is 23.1 Å². The third kappa shape index (κ3) is 5.12. The molecule has 2 rings (SSSR count). The first-order valence-electron chi connectivity index (χ1n) is 7.17. The molecular weight excluding hydrogens is 308 g/mol. The van der Waals surface area contributed by atoms with Crippen LogP contribution in [-0.4, -0.2) is 59.1 Å². The van der Waals surface area contributed by atoms with Gasteiger partial charge in [0.15, 0.2) is 4.34 Å². The van der Waals surface area contributed by atoms with Crippen LogP contribution in [0.3, 0.4) is 0 Å². The molecule has 1 aliphatic rings. The van der Waals surface area contributed by atoms with Gasteiger partial charge in [0, 0.05) is 19.6 Å². The molecule has 118 valence electrons. The van der Waals surface area contributed by atoms with Gasteiger partial charge in [0.1, 0.15) is 0 Å². The quantitative estimate of drug-likeness (QED) is 0.804. The summed E-state index contributed by atoms with van der Waals surface area (Å²) < 4.78 is 6.10. The molecule has 1 aromatic heterocycles. The lowest BCUT2D eigenvalue weighted by molar-refractivity contribution is -0.134. The van der Waals surface area contributed by atoms with E-state index in [1.165, 1.54) is 23.1 Å². The molecule has 8 heteroatoms. The Morgan fingerprint density at radius 3 is 2.76 bits per heavy atom. The molecule has 21 heavy (non-hydrogen) atoms. The minimum Gasteiger partial charge on any atom is -0.378 e. The predicted molar refractivity (Wildman–Crippen MR) is 86.0 cm³/mol. The van der Waals surface area contributed by atoms with Crippen molar-refractivity contribution < 1.29 is 9.53 Å². The van der Waals surface area contributed by atoms with E-state index in [1.54, 1.807) is 0 Å². The molecule has 1 unspecified atom stereocenters. The fraction of sp³-hybridized carbons (Fsp3) is 0.769. The molecule has 6 nitrogen and oxygen atoms in total. The second-order valence-electron chi connectivity index (χ2n) is 5.35. The Bertz CT molecular complexity index is 461. The number of ether oxygens (including phenoxy) is 1. The first kappa shape index (κ1) is 16.5. The molecule has 1 saturated heterocycles. The SMILES string of the molecule is CC(C)CNc1nnc(SC(C)C(=O)N2CCOCC2)s1. The first-order valence-corrected chi connectivity index (χ1v) is 8.86. The van der Waals surface area contributed by atoms with Crippen molar-refractivity contribution in [3.05, 3.63) is 0 Å². The number of hydrogen-bond donors (Lipinski definition) is 1. The maximum absolute atomic E-state index is 12.3. The van der Waals surface area contributed by atoms with Crippen molar-refractivity contribution >= 4 is 34.1 Å². The smallest absolute Gasteiger partial charge is 0.236 e. The van der Waals surface area contributed by atoms with Crippen LogP contribution < -0.4 is 5.32 Å². The average Bonchev–Trinajstić information content (AvgIpc) is 2.92. The number of morpholine rings is 1. The largest absolute Gasteiger partial charge is 0.378 e. The van der Waals surface area contributed by atoms with Gasteiger partial charge >= 0.3 is 0 Å². The lowest BCUT2D eigenvalue weighted by atomic mass is 10.2. The van der Waals surface area contributed by atoms with Gasteiger partial charge in [-0.25, -0.2) is 0 Å². The van der Waals surface area contributed by atoms with Crippen LogP contribution in [0.5, 0.6) is 0 Å². The van der Waals surface area contributed by atoms with E-state index in [4.69, 9.17) is 4.74 Å². The number of aromatic nitrogens is 2. The van der Waals surface area contributed by atoms with Crippen molar-refractivity contribution in [3.63, 3.8) is 0 Å². The maximum Gasteiger partial charge on any atom is 0.236 e. The Balaban J connectivity index is 1.84. The number of carbonyl (C=O) groups is 1. The van der Waals surface area contributed by atoms with Crippen LogP contribution in [-0.2, 0) is 9.53 Å². The van der Waals surface area contributed by atoms with E-state index >= 15 is 0 Å². The van der Waals surface area contributed by atoms with Gasteiger partial charge in [-0.1, -0.05) is 36.9 Å². The highest BCUT2D eigenvalue weighted by atomic mass is 32.2. The Morgan fingerprint density at radius 2 is 2.10 bits per heavy atom. The number of thioether (sulfide) groups is 1. The molecule has 0 radical (unpaired) electrons. The Morgan fingerprint density at radius 1 is 1.38 bits per heavy atom. The monoisotopic (exact) mass is 330 g/mol. The second-order valence-corrected chi connectivity index (χ2v) is 7.91. The Kier molecular flexibility index (Phi) is 6.25. The molecule has 0 saturated carbocycles. The molecule has 1 amide bonds. The summed E-state index contributed by atoms with van der Waals surface area (Å²) in [6.07, 6.45) is 0. The van der Waals surface area contributed by atoms with E-state index < -0.39 is 0 Å². The number of nitrogens with zero attached hydrogens (tertiary/aromatic N) is 3. The Hall–Kier alpha value is -0.860. The zero-order valence-electron chi connectivity index (χ0n) is 12.7. The summed E-state index contributed by atoms with van der Waals surface area (Å²) in [5.41, 5.74) is 0. The average molecular weight is 330 g/mol. The molecule has 1 atom stereocenters. The van der Waals surface area contributed by atoms with Crippen LogP contribution in [0.2, 0.25) is 0 Å².